The maximum atomic E-state index is 13.5. The number of rotatable bonds is 4. The lowest BCUT2D eigenvalue weighted by molar-refractivity contribution is -0.0829. The highest BCUT2D eigenvalue weighted by molar-refractivity contribution is 7.55. The fourth-order valence-corrected chi connectivity index (χ4v) is 4.44. The van der Waals surface area contributed by atoms with Gasteiger partial charge in [-0.3, -0.25) is 14.3 Å². The van der Waals surface area contributed by atoms with Crippen molar-refractivity contribution in [1.29, 1.82) is 0 Å². The minimum Gasteiger partial charge on any atom is -0.349 e. The Bertz CT molecular complexity index is 1050. The summed E-state index contributed by atoms with van der Waals surface area (Å²) in [5.74, 6) is -3.23. The molecule has 0 radical (unpaired) electrons. The lowest BCUT2D eigenvalue weighted by Gasteiger charge is -2.26. The molecule has 2 aromatic rings. The minimum atomic E-state index is -3.79. The Morgan fingerprint density at radius 1 is 1.21 bits per heavy atom. The first-order valence-electron chi connectivity index (χ1n) is 8.44. The SMILES string of the molecule is O=c1[nH]c(=O)n([C@H]2C[C@@H]3O[P+](O)(OCc4ccc(F)c(F)c4)OC[C@H]3O2)cc1F. The second-order valence-corrected chi connectivity index (χ2v) is 8.10. The van der Waals surface area contributed by atoms with E-state index >= 15 is 0 Å². The van der Waals surface area contributed by atoms with Crippen LogP contribution in [0.5, 0.6) is 0 Å². The maximum absolute atomic E-state index is 13.5. The number of fused-ring (bicyclic) bond motifs is 1. The number of aromatic nitrogens is 2. The van der Waals surface area contributed by atoms with Gasteiger partial charge in [0.1, 0.15) is 31.6 Å². The molecule has 0 spiro atoms. The monoisotopic (exact) mass is 435 g/mol. The van der Waals surface area contributed by atoms with E-state index in [1.807, 2.05) is 4.98 Å². The molecule has 4 atom stereocenters. The molecule has 1 aromatic carbocycles. The van der Waals surface area contributed by atoms with E-state index < -0.39 is 55.3 Å². The topological polar surface area (TPSA) is 112 Å². The van der Waals surface area contributed by atoms with Gasteiger partial charge in [-0.1, -0.05) is 6.07 Å². The molecule has 1 unspecified atom stereocenters. The van der Waals surface area contributed by atoms with Crippen molar-refractivity contribution in [1.82, 2.24) is 9.55 Å². The highest BCUT2D eigenvalue weighted by Gasteiger charge is 2.57. The number of aromatic amines is 1. The number of benzene rings is 1. The van der Waals surface area contributed by atoms with Gasteiger partial charge in [0.15, 0.2) is 11.6 Å². The van der Waals surface area contributed by atoms with Crippen molar-refractivity contribution >= 4 is 8.17 Å². The molecule has 2 N–H and O–H groups in total. The smallest absolute Gasteiger partial charge is 0.349 e. The van der Waals surface area contributed by atoms with Crippen LogP contribution in [0.1, 0.15) is 18.2 Å². The molecule has 29 heavy (non-hydrogen) atoms. The van der Waals surface area contributed by atoms with E-state index in [2.05, 4.69) is 0 Å². The van der Waals surface area contributed by atoms with Crippen LogP contribution in [0, 0.1) is 17.5 Å². The summed E-state index contributed by atoms with van der Waals surface area (Å²) in [6.07, 6.45) is -1.58. The lowest BCUT2D eigenvalue weighted by atomic mass is 10.2. The van der Waals surface area contributed by atoms with E-state index in [-0.39, 0.29) is 25.2 Å². The molecule has 0 saturated carbocycles. The van der Waals surface area contributed by atoms with E-state index in [1.54, 1.807) is 0 Å². The second-order valence-electron chi connectivity index (χ2n) is 6.44. The minimum absolute atomic E-state index is 0.0518. The van der Waals surface area contributed by atoms with Gasteiger partial charge in [-0.05, 0) is 17.7 Å². The van der Waals surface area contributed by atoms with Crippen molar-refractivity contribution < 1.29 is 36.4 Å². The van der Waals surface area contributed by atoms with Gasteiger partial charge in [0.2, 0.25) is 5.82 Å². The van der Waals surface area contributed by atoms with Crippen molar-refractivity contribution in [3.8, 4) is 0 Å². The van der Waals surface area contributed by atoms with Crippen molar-refractivity contribution in [3.05, 3.63) is 68.2 Å². The average Bonchev–Trinajstić information content (AvgIpc) is 3.08. The fourth-order valence-electron chi connectivity index (χ4n) is 3.03. The van der Waals surface area contributed by atoms with Gasteiger partial charge in [0, 0.05) is 6.42 Å². The molecule has 2 aliphatic rings. The molecule has 156 valence electrons. The van der Waals surface area contributed by atoms with Crippen molar-refractivity contribution in [2.24, 2.45) is 0 Å². The molecule has 9 nitrogen and oxygen atoms in total. The van der Waals surface area contributed by atoms with Crippen LogP contribution < -0.4 is 11.2 Å². The van der Waals surface area contributed by atoms with Gasteiger partial charge in [-0.15, -0.1) is 9.05 Å². The third-order valence-electron chi connectivity index (χ3n) is 4.46. The van der Waals surface area contributed by atoms with E-state index in [4.69, 9.17) is 18.3 Å². The summed E-state index contributed by atoms with van der Waals surface area (Å²) < 4.78 is 62.2. The first-order valence-corrected chi connectivity index (χ1v) is 9.93. The van der Waals surface area contributed by atoms with E-state index in [0.29, 0.717) is 0 Å². The molecule has 0 amide bonds. The zero-order valence-electron chi connectivity index (χ0n) is 14.6. The first kappa shape index (κ1) is 20.2. The number of halogens is 3. The Hall–Kier alpha value is -2.08. The van der Waals surface area contributed by atoms with Gasteiger partial charge in [0.05, 0.1) is 6.20 Å². The summed E-state index contributed by atoms with van der Waals surface area (Å²) >= 11 is 0. The molecule has 1 aromatic heterocycles. The van der Waals surface area contributed by atoms with Gasteiger partial charge in [-0.25, -0.2) is 13.6 Å². The number of nitrogens with one attached hydrogen (secondary N) is 1. The average molecular weight is 435 g/mol. The number of ether oxygens (including phenoxy) is 1. The molecule has 4 rings (SSSR count). The number of hydrogen-bond donors (Lipinski definition) is 2. The molecule has 3 heterocycles. The molecule has 0 bridgehead atoms. The normalized spacial score (nSPS) is 29.0. The van der Waals surface area contributed by atoms with Gasteiger partial charge in [0.25, 0.3) is 5.56 Å². The second kappa shape index (κ2) is 7.63. The van der Waals surface area contributed by atoms with Crippen LogP contribution >= 0.6 is 8.17 Å². The van der Waals surface area contributed by atoms with Crippen LogP contribution in [0.4, 0.5) is 13.2 Å². The summed E-state index contributed by atoms with van der Waals surface area (Å²) in [7, 11) is -3.79. The standard InChI is InChI=1S/C16H14F3N2O7P/c17-9-2-1-8(3-10(9)18)6-25-29(24)26-7-13-12(28-29)4-14(27-13)21-5-11(19)15(22)20-16(21)23/h1-3,5,12-14,24H,4,6-7H2/p+1/t12-,13+,14+,29?/m0/s1. The molecular formula is C16H15F3N2O7P+. The quantitative estimate of drug-likeness (QED) is 0.701. The van der Waals surface area contributed by atoms with Crippen LogP contribution in [-0.4, -0.2) is 33.3 Å². The highest BCUT2D eigenvalue weighted by atomic mass is 31.2. The van der Waals surface area contributed by atoms with Crippen LogP contribution in [0.25, 0.3) is 0 Å². The summed E-state index contributed by atoms with van der Waals surface area (Å²) in [4.78, 5) is 35.3. The highest BCUT2D eigenvalue weighted by Crippen LogP contribution is 2.63. The third kappa shape index (κ3) is 4.13. The summed E-state index contributed by atoms with van der Waals surface area (Å²) in [6, 6.07) is 3.12. The predicted molar refractivity (Wildman–Crippen MR) is 90.9 cm³/mol. The van der Waals surface area contributed by atoms with Gasteiger partial charge >= 0.3 is 13.9 Å². The Morgan fingerprint density at radius 2 is 2.00 bits per heavy atom. The molecule has 2 saturated heterocycles. The number of nitrogens with zero attached hydrogens (tertiary/aromatic N) is 1. The maximum Gasteiger partial charge on any atom is 0.573 e. The van der Waals surface area contributed by atoms with E-state index in [9.17, 15) is 27.7 Å². The van der Waals surface area contributed by atoms with Gasteiger partial charge < -0.3 is 4.74 Å². The van der Waals surface area contributed by atoms with Crippen LogP contribution in [0.3, 0.4) is 0 Å². The molecule has 2 fully saturated rings. The Morgan fingerprint density at radius 3 is 2.76 bits per heavy atom. The Kier molecular flexibility index (Phi) is 5.32. The first-order chi connectivity index (χ1) is 13.7. The van der Waals surface area contributed by atoms with Crippen LogP contribution in [-0.2, 0) is 24.9 Å². The third-order valence-corrected chi connectivity index (χ3v) is 5.93. The molecular weight excluding hydrogens is 420 g/mol. The summed E-state index contributed by atoms with van der Waals surface area (Å²) in [5, 5.41) is 0. The lowest BCUT2D eigenvalue weighted by Crippen LogP contribution is -2.35. The van der Waals surface area contributed by atoms with Crippen molar-refractivity contribution in [3.63, 3.8) is 0 Å². The fraction of sp³-hybridized carbons (Fsp3) is 0.375. The van der Waals surface area contributed by atoms with E-state index in [0.717, 1.165) is 22.9 Å². The van der Waals surface area contributed by atoms with Crippen molar-refractivity contribution in [2.45, 2.75) is 31.5 Å². The predicted octanol–water partition coefficient (Wildman–Crippen LogP) is 1.54. The van der Waals surface area contributed by atoms with E-state index in [1.165, 1.54) is 6.07 Å². The summed E-state index contributed by atoms with van der Waals surface area (Å²) in [6.45, 7) is -0.433. The molecule has 0 aliphatic carbocycles. The largest absolute Gasteiger partial charge is 0.573 e. The zero-order chi connectivity index (χ0) is 20.8. The molecule has 13 heteroatoms. The van der Waals surface area contributed by atoms with Crippen LogP contribution in [0.2, 0.25) is 0 Å². The zero-order valence-corrected chi connectivity index (χ0v) is 15.5. The van der Waals surface area contributed by atoms with Crippen LogP contribution in [0.15, 0.2) is 34.0 Å². The summed E-state index contributed by atoms with van der Waals surface area (Å²) in [5.41, 5.74) is -1.75. The number of H-pyrrole nitrogens is 1. The molecule has 2 aliphatic heterocycles. The Labute approximate surface area is 161 Å². The van der Waals surface area contributed by atoms with Gasteiger partial charge in [-0.2, -0.15) is 13.8 Å². The van der Waals surface area contributed by atoms with Crippen molar-refractivity contribution in [2.75, 3.05) is 6.61 Å². The Balaban J connectivity index is 1.43. The number of hydrogen-bond acceptors (Lipinski definition) is 7.